The topological polar surface area (TPSA) is 109 Å². The van der Waals surface area contributed by atoms with Crippen LogP contribution in [0.3, 0.4) is 0 Å². The Morgan fingerprint density at radius 1 is 1.12 bits per heavy atom. The number of carboxylic acids is 2. The lowest BCUT2D eigenvalue weighted by molar-refractivity contribution is -0.134. The molecule has 2 atom stereocenters. The highest BCUT2D eigenvalue weighted by atomic mass is 16.5. The van der Waals surface area contributed by atoms with Crippen LogP contribution in [-0.4, -0.2) is 64.4 Å². The van der Waals surface area contributed by atoms with Crippen molar-refractivity contribution in [3.63, 3.8) is 0 Å². The molecule has 3 heterocycles. The Morgan fingerprint density at radius 2 is 1.65 bits per heavy atom. The summed E-state index contributed by atoms with van der Waals surface area (Å²) in [6.07, 6.45) is 6.28. The van der Waals surface area contributed by atoms with Gasteiger partial charge in [-0.3, -0.25) is 0 Å². The van der Waals surface area contributed by atoms with Crippen molar-refractivity contribution in [2.75, 3.05) is 14.2 Å². The summed E-state index contributed by atoms with van der Waals surface area (Å²) in [6, 6.07) is 7.05. The van der Waals surface area contributed by atoms with Crippen molar-refractivity contribution in [3.8, 4) is 11.8 Å². The Bertz CT molecular complexity index is 633. The first-order valence-corrected chi connectivity index (χ1v) is 8.42. The van der Waals surface area contributed by atoms with Gasteiger partial charge in [-0.15, -0.1) is 0 Å². The van der Waals surface area contributed by atoms with Crippen molar-refractivity contribution in [3.05, 3.63) is 30.4 Å². The van der Waals surface area contributed by atoms with E-state index in [-0.39, 0.29) is 0 Å². The SMILES string of the molecule is COc1cccc(OC2CC3CCC(C2)N3C)n1.O=C(O)/C=C/C(=O)O. The minimum atomic E-state index is -1.26. The highest BCUT2D eigenvalue weighted by Crippen LogP contribution is 2.35. The zero-order valence-electron chi connectivity index (χ0n) is 14.9. The standard InChI is InChI=1S/C14H20N2O2.C4H4O4/c1-16-10-6-7-11(16)9-12(8-10)18-14-5-3-4-13(15-14)17-2;5-3(6)1-2-4(7)8/h3-5,10-12H,6-9H2,1-2H3;1-2H,(H,5,6)(H,7,8)/b;2-1+. The van der Waals surface area contributed by atoms with Crippen LogP contribution >= 0.6 is 0 Å². The first kappa shape index (κ1) is 19.7. The van der Waals surface area contributed by atoms with E-state index in [9.17, 15) is 9.59 Å². The lowest BCUT2D eigenvalue weighted by Crippen LogP contribution is -2.43. The molecule has 142 valence electrons. The highest BCUT2D eigenvalue weighted by molar-refractivity contribution is 5.89. The second-order valence-electron chi connectivity index (χ2n) is 6.29. The van der Waals surface area contributed by atoms with E-state index in [0.717, 1.165) is 12.8 Å². The van der Waals surface area contributed by atoms with Gasteiger partial charge in [0.05, 0.1) is 7.11 Å². The van der Waals surface area contributed by atoms with Gasteiger partial charge < -0.3 is 24.6 Å². The zero-order valence-corrected chi connectivity index (χ0v) is 14.9. The number of carboxylic acid groups (broad SMARTS) is 2. The minimum absolute atomic E-state index is 0.304. The number of carbonyl (C=O) groups is 2. The van der Waals surface area contributed by atoms with Gasteiger partial charge in [0.1, 0.15) is 6.10 Å². The van der Waals surface area contributed by atoms with Crippen LogP contribution in [-0.2, 0) is 9.59 Å². The highest BCUT2D eigenvalue weighted by Gasteiger charge is 2.39. The number of hydrogen-bond donors (Lipinski definition) is 2. The number of aromatic nitrogens is 1. The molecule has 0 saturated carbocycles. The van der Waals surface area contributed by atoms with Gasteiger partial charge in [0.15, 0.2) is 0 Å². The number of rotatable bonds is 5. The normalized spacial score (nSPS) is 24.6. The number of fused-ring (bicyclic) bond motifs is 2. The molecule has 2 fully saturated rings. The molecule has 0 spiro atoms. The molecular weight excluding hydrogens is 340 g/mol. The molecule has 2 N–H and O–H groups in total. The molecule has 8 nitrogen and oxygen atoms in total. The van der Waals surface area contributed by atoms with Crippen molar-refractivity contribution in [1.82, 2.24) is 9.88 Å². The van der Waals surface area contributed by atoms with E-state index in [1.807, 2.05) is 18.2 Å². The summed E-state index contributed by atoms with van der Waals surface area (Å²) in [5.74, 6) is -1.22. The van der Waals surface area contributed by atoms with Crippen molar-refractivity contribution < 1.29 is 29.3 Å². The molecule has 2 saturated heterocycles. The smallest absolute Gasteiger partial charge is 0.328 e. The molecule has 0 aliphatic carbocycles. The van der Waals surface area contributed by atoms with Gasteiger partial charge in [-0.2, -0.15) is 4.98 Å². The van der Waals surface area contributed by atoms with Gasteiger partial charge >= 0.3 is 11.9 Å². The van der Waals surface area contributed by atoms with E-state index in [0.29, 0.717) is 42.1 Å². The van der Waals surface area contributed by atoms with E-state index in [1.54, 1.807) is 7.11 Å². The maximum Gasteiger partial charge on any atom is 0.328 e. The van der Waals surface area contributed by atoms with Crippen molar-refractivity contribution in [2.45, 2.75) is 43.9 Å². The molecule has 1 aromatic rings. The van der Waals surface area contributed by atoms with E-state index in [4.69, 9.17) is 19.7 Å². The molecule has 8 heteroatoms. The average Bonchev–Trinajstić information content (AvgIpc) is 2.82. The summed E-state index contributed by atoms with van der Waals surface area (Å²) >= 11 is 0. The van der Waals surface area contributed by atoms with Gasteiger partial charge in [-0.05, 0) is 32.7 Å². The maximum absolute atomic E-state index is 9.55. The molecule has 0 amide bonds. The van der Waals surface area contributed by atoms with Gasteiger partial charge in [-0.25, -0.2) is 9.59 Å². The fourth-order valence-electron chi connectivity index (χ4n) is 3.35. The van der Waals surface area contributed by atoms with Crippen LogP contribution in [0.1, 0.15) is 25.7 Å². The second kappa shape index (κ2) is 9.19. The van der Waals surface area contributed by atoms with Crippen LogP contribution in [0.5, 0.6) is 11.8 Å². The van der Waals surface area contributed by atoms with Crippen LogP contribution in [0.25, 0.3) is 0 Å². The van der Waals surface area contributed by atoms with Gasteiger partial charge in [0.25, 0.3) is 0 Å². The molecule has 26 heavy (non-hydrogen) atoms. The molecule has 0 aromatic carbocycles. The third kappa shape index (κ3) is 5.73. The summed E-state index contributed by atoms with van der Waals surface area (Å²) in [5, 5.41) is 15.6. The molecular formula is C18H24N2O6. The molecule has 2 aliphatic rings. The molecule has 2 aliphatic heterocycles. The molecule has 3 rings (SSSR count). The van der Waals surface area contributed by atoms with E-state index < -0.39 is 11.9 Å². The van der Waals surface area contributed by atoms with Gasteiger partial charge in [0.2, 0.25) is 11.8 Å². The number of piperidine rings is 1. The fraction of sp³-hybridized carbons (Fsp3) is 0.500. The predicted molar refractivity (Wildman–Crippen MR) is 93.4 cm³/mol. The summed E-state index contributed by atoms with van der Waals surface area (Å²) in [5.41, 5.74) is 0. The Labute approximate surface area is 152 Å². The number of aliphatic carboxylic acids is 2. The summed E-state index contributed by atoms with van der Waals surface area (Å²) in [4.78, 5) is 25.9. The summed E-state index contributed by atoms with van der Waals surface area (Å²) < 4.78 is 11.1. The minimum Gasteiger partial charge on any atom is -0.481 e. The van der Waals surface area contributed by atoms with Crippen molar-refractivity contribution in [2.24, 2.45) is 0 Å². The largest absolute Gasteiger partial charge is 0.481 e. The summed E-state index contributed by atoms with van der Waals surface area (Å²) in [6.45, 7) is 0. The Hall–Kier alpha value is -2.61. The number of ether oxygens (including phenoxy) is 2. The Balaban J connectivity index is 0.000000260. The number of hydrogen-bond acceptors (Lipinski definition) is 6. The molecule has 2 bridgehead atoms. The zero-order chi connectivity index (χ0) is 19.1. The predicted octanol–water partition coefficient (Wildman–Crippen LogP) is 1.81. The molecule has 0 radical (unpaired) electrons. The lowest BCUT2D eigenvalue weighted by atomic mass is 10.0. The third-order valence-corrected chi connectivity index (χ3v) is 4.62. The number of pyridine rings is 1. The number of nitrogens with zero attached hydrogens (tertiary/aromatic N) is 2. The van der Waals surface area contributed by atoms with Crippen LogP contribution in [0.2, 0.25) is 0 Å². The quantitative estimate of drug-likeness (QED) is 0.761. The summed E-state index contributed by atoms with van der Waals surface area (Å²) in [7, 11) is 3.87. The van der Waals surface area contributed by atoms with Crippen molar-refractivity contribution >= 4 is 11.9 Å². The van der Waals surface area contributed by atoms with E-state index >= 15 is 0 Å². The number of methoxy groups -OCH3 is 1. The van der Waals surface area contributed by atoms with Crippen LogP contribution < -0.4 is 9.47 Å². The molecule has 2 unspecified atom stereocenters. The average molecular weight is 364 g/mol. The van der Waals surface area contributed by atoms with Crippen LogP contribution in [0, 0.1) is 0 Å². The van der Waals surface area contributed by atoms with E-state index in [1.165, 1.54) is 12.8 Å². The fourth-order valence-corrected chi connectivity index (χ4v) is 3.35. The van der Waals surface area contributed by atoms with Crippen molar-refractivity contribution in [1.29, 1.82) is 0 Å². The molecule has 1 aromatic heterocycles. The first-order valence-electron chi connectivity index (χ1n) is 8.42. The van der Waals surface area contributed by atoms with Gasteiger partial charge in [0, 0.05) is 36.4 Å². The van der Waals surface area contributed by atoms with Gasteiger partial charge in [-0.1, -0.05) is 6.07 Å². The monoisotopic (exact) mass is 364 g/mol. The first-order chi connectivity index (χ1) is 12.4. The maximum atomic E-state index is 9.55. The Kier molecular flexibility index (Phi) is 6.97. The van der Waals surface area contributed by atoms with Crippen LogP contribution in [0.15, 0.2) is 30.4 Å². The Morgan fingerprint density at radius 3 is 2.15 bits per heavy atom. The van der Waals surface area contributed by atoms with Crippen LogP contribution in [0.4, 0.5) is 0 Å². The third-order valence-electron chi connectivity index (χ3n) is 4.62. The second-order valence-corrected chi connectivity index (χ2v) is 6.29. The lowest BCUT2D eigenvalue weighted by Gasteiger charge is -2.36. The van der Waals surface area contributed by atoms with E-state index in [2.05, 4.69) is 16.9 Å².